The first-order valence-electron chi connectivity index (χ1n) is 9.68. The van der Waals surface area contributed by atoms with Crippen LogP contribution in [0.4, 0.5) is 13.6 Å². The largest absolute Gasteiger partial charge is 0.444 e. The molecule has 5 nitrogen and oxygen atoms in total. The first-order valence-corrected chi connectivity index (χ1v) is 9.68. The maximum absolute atomic E-state index is 13.9. The van der Waals surface area contributed by atoms with Crippen LogP contribution >= 0.6 is 0 Å². The standard InChI is InChI=1S/C20H28F2N2O3/c1-13(2)24-12-15(27-20(24)26)8-11-23-9-6-14(7-10-23)19(25)16-4-3-5-17(21)18(16)22/h3-5,13-15,19,25H,6-12H2,1-2H3. The molecule has 0 aromatic heterocycles. The summed E-state index contributed by atoms with van der Waals surface area (Å²) in [6.45, 7) is 6.97. The van der Waals surface area contributed by atoms with Crippen LogP contribution in [-0.2, 0) is 4.74 Å². The summed E-state index contributed by atoms with van der Waals surface area (Å²) in [4.78, 5) is 15.8. The van der Waals surface area contributed by atoms with Crippen LogP contribution in [0, 0.1) is 17.6 Å². The smallest absolute Gasteiger partial charge is 0.410 e. The number of aliphatic hydroxyl groups is 1. The van der Waals surface area contributed by atoms with E-state index in [-0.39, 0.29) is 29.7 Å². The number of rotatable bonds is 6. The number of aliphatic hydroxyl groups excluding tert-OH is 1. The topological polar surface area (TPSA) is 53.0 Å². The van der Waals surface area contributed by atoms with E-state index in [9.17, 15) is 18.7 Å². The lowest BCUT2D eigenvalue weighted by molar-refractivity contribution is 0.0513. The highest BCUT2D eigenvalue weighted by atomic mass is 19.2. The van der Waals surface area contributed by atoms with E-state index in [1.807, 2.05) is 13.8 Å². The maximum atomic E-state index is 13.9. The molecule has 27 heavy (non-hydrogen) atoms. The number of carbonyl (C=O) groups excluding carboxylic acids is 1. The van der Waals surface area contributed by atoms with Crippen LogP contribution in [-0.4, -0.2) is 59.3 Å². The maximum Gasteiger partial charge on any atom is 0.410 e. The summed E-state index contributed by atoms with van der Waals surface area (Å²) in [5.41, 5.74) is 0.0418. The van der Waals surface area contributed by atoms with E-state index in [2.05, 4.69) is 4.90 Å². The molecule has 0 aliphatic carbocycles. The number of hydrogen-bond acceptors (Lipinski definition) is 4. The van der Waals surface area contributed by atoms with E-state index in [0.29, 0.717) is 6.54 Å². The van der Waals surface area contributed by atoms with E-state index in [1.54, 1.807) is 4.90 Å². The average Bonchev–Trinajstić information content (AvgIpc) is 3.03. The fourth-order valence-electron chi connectivity index (χ4n) is 3.93. The quantitative estimate of drug-likeness (QED) is 0.820. The van der Waals surface area contributed by atoms with Crippen molar-refractivity contribution in [2.75, 3.05) is 26.2 Å². The van der Waals surface area contributed by atoms with Gasteiger partial charge in [0.15, 0.2) is 11.6 Å². The van der Waals surface area contributed by atoms with Gasteiger partial charge in [0.2, 0.25) is 0 Å². The number of piperidine rings is 1. The molecule has 0 bridgehead atoms. The number of amides is 1. The van der Waals surface area contributed by atoms with Gasteiger partial charge in [-0.05, 0) is 58.2 Å². The molecule has 7 heteroatoms. The van der Waals surface area contributed by atoms with Gasteiger partial charge in [-0.1, -0.05) is 12.1 Å². The Kier molecular flexibility index (Phi) is 6.32. The molecule has 0 saturated carbocycles. The molecule has 1 N–H and O–H groups in total. The molecule has 2 unspecified atom stereocenters. The van der Waals surface area contributed by atoms with Crippen LogP contribution in [0.25, 0.3) is 0 Å². The van der Waals surface area contributed by atoms with Crippen LogP contribution in [0.5, 0.6) is 0 Å². The van der Waals surface area contributed by atoms with Crippen molar-refractivity contribution in [3.05, 3.63) is 35.4 Å². The second-order valence-electron chi connectivity index (χ2n) is 7.81. The molecule has 2 fully saturated rings. The summed E-state index contributed by atoms with van der Waals surface area (Å²) >= 11 is 0. The molecule has 2 aliphatic heterocycles. The third kappa shape index (κ3) is 4.58. The van der Waals surface area contributed by atoms with Gasteiger partial charge in [-0.3, -0.25) is 0 Å². The fraction of sp³-hybridized carbons (Fsp3) is 0.650. The normalized spacial score (nSPS) is 23.1. The molecule has 2 atom stereocenters. The lowest BCUT2D eigenvalue weighted by Crippen LogP contribution is -2.38. The number of carbonyl (C=O) groups is 1. The molecule has 0 spiro atoms. The number of cyclic esters (lactones) is 1. The van der Waals surface area contributed by atoms with E-state index >= 15 is 0 Å². The molecule has 1 aromatic carbocycles. The predicted octanol–water partition coefficient (Wildman–Crippen LogP) is 3.33. The number of halogens is 2. The van der Waals surface area contributed by atoms with Crippen molar-refractivity contribution < 1.29 is 23.4 Å². The van der Waals surface area contributed by atoms with E-state index in [4.69, 9.17) is 4.74 Å². The first kappa shape index (κ1) is 20.0. The number of hydrogen-bond donors (Lipinski definition) is 1. The van der Waals surface area contributed by atoms with E-state index < -0.39 is 17.7 Å². The van der Waals surface area contributed by atoms with Crippen molar-refractivity contribution >= 4 is 6.09 Å². The zero-order chi connectivity index (χ0) is 19.6. The third-order valence-corrected chi connectivity index (χ3v) is 5.67. The number of likely N-dealkylation sites (tertiary alicyclic amines) is 1. The van der Waals surface area contributed by atoms with Crippen molar-refractivity contribution in [2.45, 2.75) is 51.4 Å². The predicted molar refractivity (Wildman–Crippen MR) is 97.2 cm³/mol. The van der Waals surface area contributed by atoms with Crippen LogP contribution in [0.1, 0.15) is 44.8 Å². The zero-order valence-electron chi connectivity index (χ0n) is 15.9. The first-order chi connectivity index (χ1) is 12.9. The summed E-state index contributed by atoms with van der Waals surface area (Å²) in [5.74, 6) is -1.96. The van der Waals surface area contributed by atoms with E-state index in [1.165, 1.54) is 12.1 Å². The summed E-state index contributed by atoms with van der Waals surface area (Å²) in [6, 6.07) is 4.08. The van der Waals surface area contributed by atoms with Crippen molar-refractivity contribution in [1.29, 1.82) is 0 Å². The molecule has 150 valence electrons. The highest BCUT2D eigenvalue weighted by Crippen LogP contribution is 2.32. The van der Waals surface area contributed by atoms with Gasteiger partial charge in [-0.15, -0.1) is 0 Å². The van der Waals surface area contributed by atoms with Gasteiger partial charge in [-0.2, -0.15) is 0 Å². The van der Waals surface area contributed by atoms with Crippen LogP contribution in [0.2, 0.25) is 0 Å². The Morgan fingerprint density at radius 1 is 1.26 bits per heavy atom. The average molecular weight is 382 g/mol. The molecule has 1 aromatic rings. The molecule has 2 heterocycles. The Morgan fingerprint density at radius 3 is 2.59 bits per heavy atom. The third-order valence-electron chi connectivity index (χ3n) is 5.67. The second kappa shape index (κ2) is 8.52. The molecular formula is C20H28F2N2O3. The van der Waals surface area contributed by atoms with Gasteiger partial charge in [0.1, 0.15) is 6.10 Å². The SMILES string of the molecule is CC(C)N1CC(CCN2CCC(C(O)c3cccc(F)c3F)CC2)OC1=O. The second-order valence-corrected chi connectivity index (χ2v) is 7.81. The molecular weight excluding hydrogens is 354 g/mol. The summed E-state index contributed by atoms with van der Waals surface area (Å²) in [7, 11) is 0. The molecule has 1 amide bonds. The van der Waals surface area contributed by atoms with Gasteiger partial charge >= 0.3 is 6.09 Å². The molecule has 2 saturated heterocycles. The Morgan fingerprint density at radius 2 is 1.96 bits per heavy atom. The minimum absolute atomic E-state index is 0.0418. The van der Waals surface area contributed by atoms with Crippen LogP contribution in [0.3, 0.4) is 0 Å². The number of nitrogens with zero attached hydrogens (tertiary/aromatic N) is 2. The monoisotopic (exact) mass is 382 g/mol. The lowest BCUT2D eigenvalue weighted by atomic mass is 9.87. The van der Waals surface area contributed by atoms with Gasteiger partial charge in [0.05, 0.1) is 12.6 Å². The van der Waals surface area contributed by atoms with Gasteiger partial charge < -0.3 is 19.6 Å². The number of benzene rings is 1. The summed E-state index contributed by atoms with van der Waals surface area (Å²) in [6.07, 6.45) is 0.914. The minimum atomic E-state index is -0.988. The van der Waals surface area contributed by atoms with Crippen LogP contribution < -0.4 is 0 Å². The Balaban J connectivity index is 1.45. The number of ether oxygens (including phenoxy) is 1. The van der Waals surface area contributed by atoms with E-state index in [0.717, 1.165) is 45.0 Å². The molecule has 0 radical (unpaired) electrons. The van der Waals surface area contributed by atoms with Crippen molar-refractivity contribution in [3.63, 3.8) is 0 Å². The Bertz CT molecular complexity index is 663. The fourth-order valence-corrected chi connectivity index (χ4v) is 3.93. The van der Waals surface area contributed by atoms with Crippen molar-refractivity contribution in [1.82, 2.24) is 9.80 Å². The zero-order valence-corrected chi connectivity index (χ0v) is 15.9. The van der Waals surface area contributed by atoms with Crippen molar-refractivity contribution in [2.24, 2.45) is 5.92 Å². The Labute approximate surface area is 158 Å². The molecule has 3 rings (SSSR count). The highest BCUT2D eigenvalue weighted by molar-refractivity contribution is 5.70. The highest BCUT2D eigenvalue weighted by Gasteiger charge is 2.33. The lowest BCUT2D eigenvalue weighted by Gasteiger charge is -2.34. The molecule has 2 aliphatic rings. The summed E-state index contributed by atoms with van der Waals surface area (Å²) in [5, 5.41) is 10.5. The van der Waals surface area contributed by atoms with Gasteiger partial charge in [-0.25, -0.2) is 13.6 Å². The van der Waals surface area contributed by atoms with Gasteiger partial charge in [0.25, 0.3) is 0 Å². The Hall–Kier alpha value is -1.73. The minimum Gasteiger partial charge on any atom is -0.444 e. The van der Waals surface area contributed by atoms with Crippen molar-refractivity contribution in [3.8, 4) is 0 Å². The van der Waals surface area contributed by atoms with Gasteiger partial charge in [0, 0.05) is 18.2 Å². The summed E-state index contributed by atoms with van der Waals surface area (Å²) < 4.78 is 32.7. The van der Waals surface area contributed by atoms with Crippen LogP contribution in [0.15, 0.2) is 18.2 Å².